The van der Waals surface area contributed by atoms with Crippen LogP contribution < -0.4 is 0 Å². The quantitative estimate of drug-likeness (QED) is 0.325. The molecular formula is C26H14O4S2. The van der Waals surface area contributed by atoms with Gasteiger partial charge < -0.3 is 10.2 Å². The molecule has 0 aliphatic heterocycles. The molecule has 4 nitrogen and oxygen atoms in total. The molecule has 2 aromatic heterocycles. The van der Waals surface area contributed by atoms with Crippen LogP contribution in [0.25, 0.3) is 9.75 Å². The summed E-state index contributed by atoms with van der Waals surface area (Å²) in [5, 5.41) is 23.2. The van der Waals surface area contributed by atoms with Gasteiger partial charge in [0, 0.05) is 22.3 Å². The van der Waals surface area contributed by atoms with E-state index in [1.165, 1.54) is 12.1 Å². The molecule has 4 rings (SSSR count). The summed E-state index contributed by atoms with van der Waals surface area (Å²) in [5.74, 6) is 12.2. The maximum Gasteiger partial charge on any atom is 0.153 e. The molecular weight excluding hydrogens is 440 g/mol. The number of phenolic OH excluding ortho intramolecular Hbond substituents is 2. The van der Waals surface area contributed by atoms with Crippen LogP contribution in [-0.2, 0) is 0 Å². The lowest BCUT2D eigenvalue weighted by Crippen LogP contribution is -1.84. The van der Waals surface area contributed by atoms with Crippen molar-refractivity contribution in [2.24, 2.45) is 0 Å². The van der Waals surface area contributed by atoms with Crippen molar-refractivity contribution in [3.05, 3.63) is 92.7 Å². The second-order valence-electron chi connectivity index (χ2n) is 6.61. The number of hydrogen-bond donors (Lipinski definition) is 2. The number of carbonyl (C=O) groups is 2. The zero-order chi connectivity index (χ0) is 22.5. The Hall–Kier alpha value is -4.10. The molecule has 154 valence electrons. The molecule has 0 bridgehead atoms. The molecule has 0 saturated carbocycles. The number of phenols is 2. The molecule has 32 heavy (non-hydrogen) atoms. The van der Waals surface area contributed by atoms with E-state index in [4.69, 9.17) is 0 Å². The minimum atomic E-state index is -0.0718. The first kappa shape index (κ1) is 21.1. The summed E-state index contributed by atoms with van der Waals surface area (Å²) < 4.78 is 0. The van der Waals surface area contributed by atoms with Crippen LogP contribution in [0.3, 0.4) is 0 Å². The van der Waals surface area contributed by atoms with E-state index in [1.54, 1.807) is 46.9 Å². The summed E-state index contributed by atoms with van der Waals surface area (Å²) in [5.41, 5.74) is 3.34. The molecule has 2 heterocycles. The Morgan fingerprint density at radius 3 is 1.47 bits per heavy atom. The third-order valence-corrected chi connectivity index (χ3v) is 6.52. The molecule has 0 fully saturated rings. The van der Waals surface area contributed by atoms with Gasteiger partial charge in [-0.05, 0) is 59.3 Å². The lowest BCUT2D eigenvalue weighted by Gasteiger charge is -1.99. The van der Waals surface area contributed by atoms with E-state index >= 15 is 0 Å². The maximum absolute atomic E-state index is 11.0. The number of aldehydes is 2. The van der Waals surface area contributed by atoms with Crippen molar-refractivity contribution in [1.29, 1.82) is 0 Å². The van der Waals surface area contributed by atoms with E-state index in [0.29, 0.717) is 23.7 Å². The minimum absolute atomic E-state index is 0.0718. The fourth-order valence-electron chi connectivity index (χ4n) is 2.90. The summed E-state index contributed by atoms with van der Waals surface area (Å²) in [6.45, 7) is 0. The van der Waals surface area contributed by atoms with E-state index in [9.17, 15) is 19.8 Å². The molecule has 2 N–H and O–H groups in total. The van der Waals surface area contributed by atoms with Crippen molar-refractivity contribution >= 4 is 35.2 Å². The minimum Gasteiger partial charge on any atom is -0.507 e. The first-order chi connectivity index (χ1) is 15.6. The van der Waals surface area contributed by atoms with Crippen molar-refractivity contribution in [2.75, 3.05) is 0 Å². The Morgan fingerprint density at radius 2 is 1.06 bits per heavy atom. The summed E-state index contributed by atoms with van der Waals surface area (Å²) in [7, 11) is 0. The molecule has 0 amide bonds. The maximum atomic E-state index is 11.0. The number of carbonyl (C=O) groups excluding carboxylic acids is 2. The second-order valence-corrected chi connectivity index (χ2v) is 8.44. The van der Waals surface area contributed by atoms with Gasteiger partial charge in [-0.1, -0.05) is 23.7 Å². The van der Waals surface area contributed by atoms with Crippen molar-refractivity contribution in [3.63, 3.8) is 0 Å². The standard InChI is InChI=1S/C26H14O4S2/c27-15-21-13-17(3-7-23(21)29)1-5-19-9-11-31-25(19)26-20(10-12-32-26)6-2-18-4-8-24(30)22(14-18)16-28/h3-4,7-16,29-30H. The molecule has 0 radical (unpaired) electrons. The van der Waals surface area contributed by atoms with Crippen molar-refractivity contribution in [1.82, 2.24) is 0 Å². The molecule has 0 spiro atoms. The van der Waals surface area contributed by atoms with Gasteiger partial charge in [-0.2, -0.15) is 0 Å². The highest BCUT2D eigenvalue weighted by Crippen LogP contribution is 2.35. The lowest BCUT2D eigenvalue weighted by molar-refractivity contribution is 0.111. The Labute approximate surface area is 192 Å². The van der Waals surface area contributed by atoms with Crippen molar-refractivity contribution in [2.45, 2.75) is 0 Å². The predicted octanol–water partition coefficient (Wildman–Crippen LogP) is 5.31. The number of benzene rings is 2. The van der Waals surface area contributed by atoms with Gasteiger partial charge in [-0.15, -0.1) is 22.7 Å². The average Bonchev–Trinajstić information content (AvgIpc) is 3.46. The van der Waals surface area contributed by atoms with E-state index in [1.807, 2.05) is 22.9 Å². The molecule has 0 unspecified atom stereocenters. The van der Waals surface area contributed by atoms with Crippen LogP contribution in [0.1, 0.15) is 43.0 Å². The molecule has 0 aliphatic carbocycles. The Kier molecular flexibility index (Phi) is 6.19. The highest BCUT2D eigenvalue weighted by Gasteiger charge is 2.11. The first-order valence-corrected chi connectivity index (χ1v) is 11.1. The molecule has 0 saturated heterocycles. The Morgan fingerprint density at radius 1 is 0.625 bits per heavy atom. The zero-order valence-electron chi connectivity index (χ0n) is 16.5. The number of rotatable bonds is 3. The fourth-order valence-corrected chi connectivity index (χ4v) is 4.79. The molecule has 6 heteroatoms. The topological polar surface area (TPSA) is 74.6 Å². The summed E-state index contributed by atoms with van der Waals surface area (Å²) in [6, 6.07) is 13.2. The van der Waals surface area contributed by atoms with Gasteiger partial charge in [0.1, 0.15) is 11.5 Å². The number of thiophene rings is 2. The highest BCUT2D eigenvalue weighted by molar-refractivity contribution is 7.20. The van der Waals surface area contributed by atoms with Gasteiger partial charge >= 0.3 is 0 Å². The van der Waals surface area contributed by atoms with Gasteiger partial charge in [0.2, 0.25) is 0 Å². The van der Waals surface area contributed by atoms with E-state index in [0.717, 1.165) is 20.9 Å². The Balaban J connectivity index is 1.66. The van der Waals surface area contributed by atoms with Gasteiger partial charge in [-0.3, -0.25) is 9.59 Å². The fraction of sp³-hybridized carbons (Fsp3) is 0. The lowest BCUT2D eigenvalue weighted by atomic mass is 10.1. The number of aromatic hydroxyl groups is 2. The van der Waals surface area contributed by atoms with E-state index < -0.39 is 0 Å². The Bertz CT molecular complexity index is 1340. The number of hydrogen-bond acceptors (Lipinski definition) is 6. The average molecular weight is 455 g/mol. The smallest absolute Gasteiger partial charge is 0.153 e. The van der Waals surface area contributed by atoms with Crippen LogP contribution in [0.4, 0.5) is 0 Å². The molecule has 2 aromatic carbocycles. The van der Waals surface area contributed by atoms with Gasteiger partial charge in [-0.25, -0.2) is 0 Å². The van der Waals surface area contributed by atoms with E-state index in [-0.39, 0.29) is 22.6 Å². The van der Waals surface area contributed by atoms with Gasteiger partial charge in [0.25, 0.3) is 0 Å². The summed E-state index contributed by atoms with van der Waals surface area (Å²) in [6.07, 6.45) is 1.19. The predicted molar refractivity (Wildman–Crippen MR) is 127 cm³/mol. The van der Waals surface area contributed by atoms with Crippen LogP contribution in [0, 0.1) is 23.7 Å². The molecule has 4 aromatic rings. The first-order valence-electron chi connectivity index (χ1n) is 9.35. The van der Waals surface area contributed by atoms with Crippen LogP contribution in [-0.4, -0.2) is 22.8 Å². The normalized spacial score (nSPS) is 9.88. The van der Waals surface area contributed by atoms with Crippen molar-refractivity contribution < 1.29 is 19.8 Å². The SMILES string of the molecule is O=Cc1cc(C#Cc2ccsc2-c2sccc2C#Cc2ccc(O)c(C=O)c2)ccc1O. The third-order valence-electron chi connectivity index (χ3n) is 4.53. The van der Waals surface area contributed by atoms with Gasteiger partial charge in [0.15, 0.2) is 12.6 Å². The van der Waals surface area contributed by atoms with E-state index in [2.05, 4.69) is 23.7 Å². The monoisotopic (exact) mass is 454 g/mol. The zero-order valence-corrected chi connectivity index (χ0v) is 18.1. The molecule has 0 aliphatic rings. The van der Waals surface area contributed by atoms with Crippen LogP contribution >= 0.6 is 22.7 Å². The molecule has 0 atom stereocenters. The highest BCUT2D eigenvalue weighted by atomic mass is 32.1. The third kappa shape index (κ3) is 4.48. The van der Waals surface area contributed by atoms with Crippen molar-refractivity contribution in [3.8, 4) is 44.9 Å². The van der Waals surface area contributed by atoms with Crippen LogP contribution in [0.15, 0.2) is 59.3 Å². The summed E-state index contributed by atoms with van der Waals surface area (Å²) >= 11 is 3.12. The van der Waals surface area contributed by atoms with Crippen LogP contribution in [0.5, 0.6) is 11.5 Å². The second kappa shape index (κ2) is 9.36. The largest absolute Gasteiger partial charge is 0.507 e. The van der Waals surface area contributed by atoms with Crippen LogP contribution in [0.2, 0.25) is 0 Å². The summed E-state index contributed by atoms with van der Waals surface area (Å²) in [4.78, 5) is 24.0. The van der Waals surface area contributed by atoms with Gasteiger partial charge in [0.05, 0.1) is 20.9 Å².